The molecule has 2 N–H and O–H groups in total. The molecule has 0 aliphatic rings. The number of methoxy groups -OCH3 is 1. The summed E-state index contributed by atoms with van der Waals surface area (Å²) >= 11 is 6.17. The predicted octanol–water partition coefficient (Wildman–Crippen LogP) is 2.95. The monoisotopic (exact) mass is 299 g/mol. The predicted molar refractivity (Wildman–Crippen MR) is 80.2 cm³/mol. The van der Waals surface area contributed by atoms with E-state index in [2.05, 4.69) is 11.7 Å². The number of ether oxygens (including phenoxy) is 2. The van der Waals surface area contributed by atoms with Gasteiger partial charge in [-0.25, -0.2) is 0 Å². The van der Waals surface area contributed by atoms with E-state index in [0.717, 1.165) is 18.4 Å². The zero-order valence-corrected chi connectivity index (χ0v) is 12.8. The minimum Gasteiger partial charge on any atom is -0.492 e. The normalized spacial score (nSPS) is 12.0. The topological polar surface area (TPSA) is 61.5 Å². The van der Waals surface area contributed by atoms with Crippen molar-refractivity contribution in [1.82, 2.24) is 0 Å². The molecular formula is C15H22ClNO3. The van der Waals surface area contributed by atoms with Crippen molar-refractivity contribution in [2.24, 2.45) is 5.73 Å². The van der Waals surface area contributed by atoms with Crippen LogP contribution in [-0.4, -0.2) is 25.7 Å². The van der Waals surface area contributed by atoms with Gasteiger partial charge < -0.3 is 15.2 Å². The van der Waals surface area contributed by atoms with Crippen molar-refractivity contribution >= 4 is 17.6 Å². The van der Waals surface area contributed by atoms with Crippen LogP contribution in [0.15, 0.2) is 18.2 Å². The first-order valence-corrected chi connectivity index (χ1v) is 7.18. The van der Waals surface area contributed by atoms with Crippen LogP contribution in [0.4, 0.5) is 0 Å². The van der Waals surface area contributed by atoms with Crippen molar-refractivity contribution in [2.45, 2.75) is 38.6 Å². The van der Waals surface area contributed by atoms with Crippen LogP contribution in [0.5, 0.6) is 5.75 Å². The van der Waals surface area contributed by atoms with E-state index in [0.29, 0.717) is 30.2 Å². The maximum absolute atomic E-state index is 11.0. The molecule has 1 rings (SSSR count). The van der Waals surface area contributed by atoms with E-state index in [-0.39, 0.29) is 12.0 Å². The molecule has 0 aliphatic heterocycles. The highest BCUT2D eigenvalue weighted by molar-refractivity contribution is 6.32. The van der Waals surface area contributed by atoms with E-state index in [1.165, 1.54) is 7.11 Å². The van der Waals surface area contributed by atoms with Crippen LogP contribution < -0.4 is 10.5 Å². The SMILES string of the molecule is CCC(N)Cc1ccc(OCCCC(=O)OC)c(Cl)c1. The fourth-order valence-corrected chi connectivity index (χ4v) is 1.99. The number of hydrogen-bond acceptors (Lipinski definition) is 4. The van der Waals surface area contributed by atoms with Gasteiger partial charge in [-0.3, -0.25) is 4.79 Å². The fourth-order valence-electron chi connectivity index (χ4n) is 1.74. The molecule has 0 fully saturated rings. The molecule has 0 amide bonds. The van der Waals surface area contributed by atoms with Crippen LogP contribution in [0.2, 0.25) is 5.02 Å². The summed E-state index contributed by atoms with van der Waals surface area (Å²) in [5.74, 6) is 0.397. The van der Waals surface area contributed by atoms with Gasteiger partial charge in [-0.2, -0.15) is 0 Å². The molecule has 0 bridgehead atoms. The second-order valence-corrected chi connectivity index (χ2v) is 5.07. The second kappa shape index (κ2) is 8.82. The Hall–Kier alpha value is -1.26. The van der Waals surface area contributed by atoms with Gasteiger partial charge in [0.05, 0.1) is 18.7 Å². The molecule has 1 aromatic rings. The zero-order valence-electron chi connectivity index (χ0n) is 12.0. The van der Waals surface area contributed by atoms with Crippen LogP contribution >= 0.6 is 11.6 Å². The summed E-state index contributed by atoms with van der Waals surface area (Å²) in [6.45, 7) is 2.49. The lowest BCUT2D eigenvalue weighted by atomic mass is 10.0. The Bertz CT molecular complexity index is 437. The molecule has 0 aliphatic carbocycles. The van der Waals surface area contributed by atoms with Crippen LogP contribution in [0.3, 0.4) is 0 Å². The summed E-state index contributed by atoms with van der Waals surface area (Å²) in [5, 5.41) is 0.573. The van der Waals surface area contributed by atoms with Gasteiger partial charge in [0, 0.05) is 12.5 Å². The standard InChI is InChI=1S/C15H22ClNO3/c1-3-12(17)9-11-6-7-14(13(16)10-11)20-8-4-5-15(18)19-2/h6-7,10,12H,3-5,8-9,17H2,1-2H3. The fraction of sp³-hybridized carbons (Fsp3) is 0.533. The third-order valence-electron chi connectivity index (χ3n) is 3.03. The molecule has 0 saturated carbocycles. The number of benzene rings is 1. The van der Waals surface area contributed by atoms with Gasteiger partial charge in [0.15, 0.2) is 0 Å². The molecule has 0 heterocycles. The average Bonchev–Trinajstić information content (AvgIpc) is 2.44. The second-order valence-electron chi connectivity index (χ2n) is 4.67. The summed E-state index contributed by atoms with van der Waals surface area (Å²) in [6, 6.07) is 5.85. The maximum Gasteiger partial charge on any atom is 0.305 e. The van der Waals surface area contributed by atoms with Gasteiger partial charge in [0.2, 0.25) is 0 Å². The quantitative estimate of drug-likeness (QED) is 0.592. The van der Waals surface area contributed by atoms with Crippen LogP contribution in [0, 0.1) is 0 Å². The van der Waals surface area contributed by atoms with Gasteiger partial charge >= 0.3 is 5.97 Å². The highest BCUT2D eigenvalue weighted by Crippen LogP contribution is 2.26. The third-order valence-corrected chi connectivity index (χ3v) is 3.32. The van der Waals surface area contributed by atoms with Crippen molar-refractivity contribution in [1.29, 1.82) is 0 Å². The highest BCUT2D eigenvalue weighted by atomic mass is 35.5. The minimum atomic E-state index is -0.233. The highest BCUT2D eigenvalue weighted by Gasteiger charge is 2.07. The van der Waals surface area contributed by atoms with Crippen LogP contribution in [-0.2, 0) is 16.0 Å². The van der Waals surface area contributed by atoms with Crippen molar-refractivity contribution in [3.8, 4) is 5.75 Å². The van der Waals surface area contributed by atoms with Crippen LogP contribution in [0.25, 0.3) is 0 Å². The Balaban J connectivity index is 2.45. The number of rotatable bonds is 8. The number of carbonyl (C=O) groups is 1. The maximum atomic E-state index is 11.0. The minimum absolute atomic E-state index is 0.151. The molecule has 0 saturated heterocycles. The summed E-state index contributed by atoms with van der Waals surface area (Å²) in [4.78, 5) is 11.0. The number of halogens is 1. The molecule has 0 radical (unpaired) electrons. The Morgan fingerprint density at radius 3 is 2.80 bits per heavy atom. The van der Waals surface area contributed by atoms with E-state index in [1.807, 2.05) is 18.2 Å². The largest absolute Gasteiger partial charge is 0.492 e. The van der Waals surface area contributed by atoms with E-state index < -0.39 is 0 Å². The lowest BCUT2D eigenvalue weighted by molar-refractivity contribution is -0.140. The average molecular weight is 300 g/mol. The molecule has 1 unspecified atom stereocenters. The molecule has 112 valence electrons. The summed E-state index contributed by atoms with van der Waals surface area (Å²) in [6.07, 6.45) is 2.69. The molecule has 4 nitrogen and oxygen atoms in total. The van der Waals surface area contributed by atoms with E-state index in [1.54, 1.807) is 0 Å². The molecule has 1 atom stereocenters. The van der Waals surface area contributed by atoms with Crippen molar-refractivity contribution in [2.75, 3.05) is 13.7 Å². The van der Waals surface area contributed by atoms with Gasteiger partial charge in [-0.1, -0.05) is 24.6 Å². The van der Waals surface area contributed by atoms with Crippen molar-refractivity contribution in [3.05, 3.63) is 28.8 Å². The van der Waals surface area contributed by atoms with Gasteiger partial charge in [0.1, 0.15) is 5.75 Å². The van der Waals surface area contributed by atoms with Gasteiger partial charge in [0.25, 0.3) is 0 Å². The Kier molecular flexibility index (Phi) is 7.41. The van der Waals surface area contributed by atoms with Crippen LogP contribution in [0.1, 0.15) is 31.7 Å². The Labute approximate surface area is 125 Å². The third kappa shape index (κ3) is 5.80. The van der Waals surface area contributed by atoms with Gasteiger partial charge in [-0.15, -0.1) is 0 Å². The number of carbonyl (C=O) groups excluding carboxylic acids is 1. The molecule has 0 spiro atoms. The number of hydrogen-bond donors (Lipinski definition) is 1. The van der Waals surface area contributed by atoms with E-state index in [4.69, 9.17) is 22.1 Å². The van der Waals surface area contributed by atoms with Crippen molar-refractivity contribution < 1.29 is 14.3 Å². The van der Waals surface area contributed by atoms with E-state index >= 15 is 0 Å². The Morgan fingerprint density at radius 2 is 2.20 bits per heavy atom. The first-order chi connectivity index (χ1) is 9.56. The molecule has 0 aromatic heterocycles. The molecular weight excluding hydrogens is 278 g/mol. The summed E-state index contributed by atoms with van der Waals surface area (Å²) < 4.78 is 10.1. The van der Waals surface area contributed by atoms with Crippen molar-refractivity contribution in [3.63, 3.8) is 0 Å². The number of nitrogens with two attached hydrogens (primary N) is 1. The summed E-state index contributed by atoms with van der Waals surface area (Å²) in [5.41, 5.74) is 7.02. The summed E-state index contributed by atoms with van der Waals surface area (Å²) in [7, 11) is 1.37. The first kappa shape index (κ1) is 16.8. The zero-order chi connectivity index (χ0) is 15.0. The molecule has 20 heavy (non-hydrogen) atoms. The molecule has 1 aromatic carbocycles. The first-order valence-electron chi connectivity index (χ1n) is 6.80. The molecule has 5 heteroatoms. The Morgan fingerprint density at radius 1 is 1.45 bits per heavy atom. The van der Waals surface area contributed by atoms with Gasteiger partial charge in [-0.05, 0) is 37.0 Å². The smallest absolute Gasteiger partial charge is 0.305 e. The lowest BCUT2D eigenvalue weighted by Gasteiger charge is -2.11. The van der Waals surface area contributed by atoms with E-state index in [9.17, 15) is 4.79 Å². The number of esters is 1. The lowest BCUT2D eigenvalue weighted by Crippen LogP contribution is -2.21.